The lowest BCUT2D eigenvalue weighted by Gasteiger charge is -2.43. The van der Waals surface area contributed by atoms with Gasteiger partial charge in [-0.1, -0.05) is 0 Å². The van der Waals surface area contributed by atoms with Crippen molar-refractivity contribution in [3.63, 3.8) is 0 Å². The van der Waals surface area contributed by atoms with Gasteiger partial charge in [0.2, 0.25) is 0 Å². The highest BCUT2D eigenvalue weighted by Gasteiger charge is 2.39. The molecule has 1 aliphatic carbocycles. The van der Waals surface area contributed by atoms with Crippen molar-refractivity contribution < 1.29 is 14.3 Å². The Kier molecular flexibility index (Phi) is 5.00. The van der Waals surface area contributed by atoms with Crippen LogP contribution in [0.4, 0.5) is 4.79 Å². The predicted octanol–water partition coefficient (Wildman–Crippen LogP) is 1.22. The molecule has 6 heteroatoms. The van der Waals surface area contributed by atoms with Gasteiger partial charge in [-0.05, 0) is 62.7 Å². The van der Waals surface area contributed by atoms with E-state index in [-0.39, 0.29) is 18.2 Å². The first-order valence-electron chi connectivity index (χ1n) is 8.18. The summed E-state index contributed by atoms with van der Waals surface area (Å²) in [4.78, 5) is 12.2. The van der Waals surface area contributed by atoms with E-state index in [0.29, 0.717) is 18.4 Å². The van der Waals surface area contributed by atoms with Crippen LogP contribution in [0.1, 0.15) is 31.4 Å². The van der Waals surface area contributed by atoms with E-state index in [1.54, 1.807) is 6.26 Å². The first-order valence-corrected chi connectivity index (χ1v) is 8.18. The maximum Gasteiger partial charge on any atom is 0.315 e. The van der Waals surface area contributed by atoms with Gasteiger partial charge in [0.15, 0.2) is 0 Å². The third-order valence-electron chi connectivity index (χ3n) is 4.85. The molecule has 1 aliphatic heterocycles. The van der Waals surface area contributed by atoms with Crippen LogP contribution in [0.25, 0.3) is 0 Å². The predicted molar refractivity (Wildman–Crippen MR) is 82.2 cm³/mol. The second kappa shape index (κ2) is 7.15. The van der Waals surface area contributed by atoms with Crippen LogP contribution in [0.15, 0.2) is 22.8 Å². The maximum absolute atomic E-state index is 12.2. The monoisotopic (exact) mass is 307 g/mol. The molecule has 1 atom stereocenters. The summed E-state index contributed by atoms with van der Waals surface area (Å²) in [7, 11) is 0. The van der Waals surface area contributed by atoms with E-state index in [0.717, 1.165) is 44.5 Å². The van der Waals surface area contributed by atoms with Crippen LogP contribution in [0.5, 0.6) is 0 Å². The molecule has 3 rings (SSSR count). The van der Waals surface area contributed by atoms with Crippen LogP contribution in [-0.4, -0.2) is 36.4 Å². The summed E-state index contributed by atoms with van der Waals surface area (Å²) in [5.41, 5.74) is 0. The highest BCUT2D eigenvalue weighted by molar-refractivity contribution is 5.74. The maximum atomic E-state index is 12.2. The van der Waals surface area contributed by atoms with E-state index in [2.05, 4.69) is 16.0 Å². The summed E-state index contributed by atoms with van der Waals surface area (Å²) in [5, 5.41) is 18.9. The fraction of sp³-hybridized carbons (Fsp3) is 0.688. The van der Waals surface area contributed by atoms with Crippen LogP contribution < -0.4 is 16.0 Å². The number of aliphatic hydroxyl groups excluding tert-OH is 1. The molecule has 1 aromatic heterocycles. The van der Waals surface area contributed by atoms with Gasteiger partial charge < -0.3 is 25.5 Å². The van der Waals surface area contributed by atoms with Gasteiger partial charge in [0.1, 0.15) is 5.76 Å². The van der Waals surface area contributed by atoms with Crippen LogP contribution >= 0.6 is 0 Å². The smallest absolute Gasteiger partial charge is 0.315 e. The molecule has 0 unspecified atom stereocenters. The second-order valence-corrected chi connectivity index (χ2v) is 6.40. The van der Waals surface area contributed by atoms with E-state index in [9.17, 15) is 9.90 Å². The zero-order valence-corrected chi connectivity index (χ0v) is 12.8. The fourth-order valence-corrected chi connectivity index (χ4v) is 3.53. The molecule has 2 fully saturated rings. The number of carbonyl (C=O) groups excluding carboxylic acids is 1. The number of piperidine rings is 1. The normalized spacial score (nSPS) is 27.0. The largest absolute Gasteiger partial charge is 0.467 e. The molecule has 2 amide bonds. The Morgan fingerprint density at radius 2 is 2.14 bits per heavy atom. The van der Waals surface area contributed by atoms with Gasteiger partial charge in [-0.25, -0.2) is 4.79 Å². The van der Waals surface area contributed by atoms with Crippen molar-refractivity contribution in [2.45, 2.75) is 44.4 Å². The summed E-state index contributed by atoms with van der Waals surface area (Å²) < 4.78 is 5.22. The average molecular weight is 307 g/mol. The lowest BCUT2D eigenvalue weighted by Crippen LogP contribution is -2.54. The van der Waals surface area contributed by atoms with Crippen LogP contribution in [0.2, 0.25) is 0 Å². The Morgan fingerprint density at radius 1 is 1.36 bits per heavy atom. The number of hydrogen-bond donors (Lipinski definition) is 4. The van der Waals surface area contributed by atoms with E-state index < -0.39 is 0 Å². The Balaban J connectivity index is 1.53. The van der Waals surface area contributed by atoms with E-state index in [1.807, 2.05) is 12.1 Å². The third-order valence-corrected chi connectivity index (χ3v) is 4.85. The number of hydrogen-bond acceptors (Lipinski definition) is 4. The summed E-state index contributed by atoms with van der Waals surface area (Å²) in [5.74, 6) is 1.63. The van der Waals surface area contributed by atoms with E-state index in [1.165, 1.54) is 0 Å². The number of rotatable bonds is 5. The summed E-state index contributed by atoms with van der Waals surface area (Å²) in [6, 6.07) is 3.65. The van der Waals surface area contributed by atoms with Gasteiger partial charge >= 0.3 is 6.03 Å². The quantitative estimate of drug-likeness (QED) is 0.659. The molecule has 0 spiro atoms. The Hall–Kier alpha value is -1.53. The van der Waals surface area contributed by atoms with Crippen LogP contribution in [-0.2, 0) is 6.54 Å². The summed E-state index contributed by atoms with van der Waals surface area (Å²) in [6.45, 7) is 2.41. The van der Waals surface area contributed by atoms with Crippen molar-refractivity contribution >= 4 is 6.03 Å². The van der Waals surface area contributed by atoms with Gasteiger partial charge in [0.05, 0.1) is 18.9 Å². The molecule has 0 aromatic carbocycles. The van der Waals surface area contributed by atoms with Crippen LogP contribution in [0, 0.1) is 11.8 Å². The number of carbonyl (C=O) groups is 1. The van der Waals surface area contributed by atoms with Gasteiger partial charge in [-0.15, -0.1) is 0 Å². The molecule has 1 aromatic rings. The second-order valence-electron chi connectivity index (χ2n) is 6.40. The minimum Gasteiger partial charge on any atom is -0.467 e. The lowest BCUT2D eigenvalue weighted by molar-refractivity contribution is 0.0116. The molecule has 2 aliphatic rings. The molecule has 22 heavy (non-hydrogen) atoms. The molecular formula is C16H25N3O3. The molecular weight excluding hydrogens is 282 g/mol. The lowest BCUT2D eigenvalue weighted by atomic mass is 9.71. The fourth-order valence-electron chi connectivity index (χ4n) is 3.53. The molecule has 122 valence electrons. The number of urea groups is 1. The zero-order valence-electron chi connectivity index (χ0n) is 12.8. The summed E-state index contributed by atoms with van der Waals surface area (Å²) >= 11 is 0. The number of nitrogens with one attached hydrogen (secondary N) is 3. The van der Waals surface area contributed by atoms with Crippen molar-refractivity contribution in [3.8, 4) is 0 Å². The van der Waals surface area contributed by atoms with Crippen LogP contribution in [0.3, 0.4) is 0 Å². The highest BCUT2D eigenvalue weighted by atomic mass is 16.3. The number of furan rings is 1. The highest BCUT2D eigenvalue weighted by Crippen LogP contribution is 2.35. The molecule has 2 heterocycles. The molecule has 0 bridgehead atoms. The molecule has 6 nitrogen and oxygen atoms in total. The molecule has 4 N–H and O–H groups in total. The molecule has 1 saturated carbocycles. The Morgan fingerprint density at radius 3 is 2.77 bits per heavy atom. The topological polar surface area (TPSA) is 86.5 Å². The Labute approximate surface area is 130 Å². The summed E-state index contributed by atoms with van der Waals surface area (Å²) in [6.07, 6.45) is 5.16. The third kappa shape index (κ3) is 3.81. The van der Waals surface area contributed by atoms with Gasteiger partial charge in [-0.3, -0.25) is 0 Å². The number of amides is 2. The molecule has 1 saturated heterocycles. The van der Waals surface area contributed by atoms with E-state index >= 15 is 0 Å². The van der Waals surface area contributed by atoms with Crippen molar-refractivity contribution in [2.75, 3.05) is 13.1 Å². The first-order chi connectivity index (χ1) is 10.7. The van der Waals surface area contributed by atoms with E-state index in [4.69, 9.17) is 4.42 Å². The van der Waals surface area contributed by atoms with Gasteiger partial charge in [0, 0.05) is 6.04 Å². The first kappa shape index (κ1) is 15.4. The van der Waals surface area contributed by atoms with Gasteiger partial charge in [-0.2, -0.15) is 0 Å². The number of aliphatic hydroxyl groups is 1. The Bertz CT molecular complexity index is 465. The van der Waals surface area contributed by atoms with Gasteiger partial charge in [0.25, 0.3) is 0 Å². The SMILES string of the molecule is O=C(NCc1ccco1)N[C@@H](C1CCNCC1)C1CC(O)C1. The average Bonchev–Trinajstić information content (AvgIpc) is 3.02. The van der Waals surface area contributed by atoms with Crippen molar-refractivity contribution in [1.29, 1.82) is 0 Å². The van der Waals surface area contributed by atoms with Crippen molar-refractivity contribution in [1.82, 2.24) is 16.0 Å². The van der Waals surface area contributed by atoms with Crippen molar-refractivity contribution in [3.05, 3.63) is 24.2 Å². The molecule has 0 radical (unpaired) electrons. The minimum absolute atomic E-state index is 0.152. The minimum atomic E-state index is -0.192. The standard InChI is InChI=1S/C16H25N3O3/c20-13-8-12(9-13)15(11-3-5-17-6-4-11)19-16(21)18-10-14-2-1-7-22-14/h1-2,7,11-13,15,17,20H,3-6,8-10H2,(H2,18,19,21)/t12?,13?,15-/m0/s1. The zero-order chi connectivity index (χ0) is 15.4. The van der Waals surface area contributed by atoms with Crippen molar-refractivity contribution in [2.24, 2.45) is 11.8 Å².